The van der Waals surface area contributed by atoms with Crippen molar-refractivity contribution in [3.05, 3.63) is 0 Å². The molecule has 0 aromatic heterocycles. The summed E-state index contributed by atoms with van der Waals surface area (Å²) in [5.74, 6) is 1.12. The molecule has 1 amide bonds. The van der Waals surface area contributed by atoms with Crippen LogP contribution < -0.4 is 0 Å². The molecule has 2 saturated heterocycles. The van der Waals surface area contributed by atoms with Crippen LogP contribution in [0.3, 0.4) is 0 Å². The number of fused-ring (bicyclic) bond motifs is 1. The van der Waals surface area contributed by atoms with Crippen molar-refractivity contribution >= 4 is 5.91 Å². The average Bonchev–Trinajstić information content (AvgIpc) is 2.54. The van der Waals surface area contributed by atoms with Crippen LogP contribution in [0.1, 0.15) is 38.5 Å². The predicted molar refractivity (Wildman–Crippen MR) is 91.4 cm³/mol. The second-order valence-electron chi connectivity index (χ2n) is 7.83. The van der Waals surface area contributed by atoms with Gasteiger partial charge in [0.25, 0.3) is 0 Å². The molecule has 0 aromatic carbocycles. The highest BCUT2D eigenvalue weighted by Gasteiger charge is 2.36. The van der Waals surface area contributed by atoms with Gasteiger partial charge in [-0.25, -0.2) is 0 Å². The fraction of sp³-hybridized carbons (Fsp3) is 0.944. The van der Waals surface area contributed by atoms with Crippen LogP contribution >= 0.6 is 0 Å². The minimum atomic E-state index is 0.232. The van der Waals surface area contributed by atoms with E-state index in [1.54, 1.807) is 0 Å². The summed E-state index contributed by atoms with van der Waals surface area (Å²) >= 11 is 0. The summed E-state index contributed by atoms with van der Waals surface area (Å²) in [6, 6.07) is 0.531. The van der Waals surface area contributed by atoms with Crippen LogP contribution in [0.2, 0.25) is 0 Å². The molecule has 1 saturated carbocycles. The first-order valence-corrected chi connectivity index (χ1v) is 9.41. The van der Waals surface area contributed by atoms with Gasteiger partial charge in [-0.05, 0) is 45.7 Å². The van der Waals surface area contributed by atoms with Crippen LogP contribution in [-0.2, 0) is 9.53 Å². The van der Waals surface area contributed by atoms with Crippen molar-refractivity contribution in [2.45, 2.75) is 50.7 Å². The number of hydrogen-bond acceptors (Lipinski definition) is 4. The Morgan fingerprint density at radius 1 is 1.13 bits per heavy atom. The van der Waals surface area contributed by atoms with Gasteiger partial charge in [0.2, 0.25) is 5.91 Å². The maximum absolute atomic E-state index is 12.9. The molecule has 0 radical (unpaired) electrons. The lowest BCUT2D eigenvalue weighted by Crippen LogP contribution is -2.54. The van der Waals surface area contributed by atoms with Crippen molar-refractivity contribution < 1.29 is 9.53 Å². The molecule has 5 nitrogen and oxygen atoms in total. The van der Waals surface area contributed by atoms with Crippen LogP contribution in [0, 0.1) is 5.92 Å². The molecule has 0 N–H and O–H groups in total. The summed E-state index contributed by atoms with van der Waals surface area (Å²) < 4.78 is 5.82. The van der Waals surface area contributed by atoms with Crippen LogP contribution in [0.15, 0.2) is 0 Å². The predicted octanol–water partition coefficient (Wildman–Crippen LogP) is 1.43. The zero-order valence-electron chi connectivity index (χ0n) is 14.9. The molecule has 0 bridgehead atoms. The lowest BCUT2D eigenvalue weighted by Gasteiger charge is -2.45. The Hall–Kier alpha value is -0.650. The normalized spacial score (nSPS) is 32.8. The lowest BCUT2D eigenvalue weighted by molar-refractivity contribution is -0.140. The molecule has 0 aromatic rings. The number of carbonyl (C=O) groups excluding carboxylic acids is 1. The van der Waals surface area contributed by atoms with Crippen molar-refractivity contribution in [1.29, 1.82) is 0 Å². The van der Waals surface area contributed by atoms with Crippen LogP contribution in [0.25, 0.3) is 0 Å². The largest absolute Gasteiger partial charge is 0.374 e. The SMILES string of the molecule is CN(C)C[C@@H]1CN(CC(=O)N2CCC[C@H]3CCCC[C@H]32)CCO1. The Labute approximate surface area is 140 Å². The average molecular weight is 323 g/mol. The van der Waals surface area contributed by atoms with E-state index in [0.29, 0.717) is 18.5 Å². The standard InChI is InChI=1S/C18H33N3O2/c1-19(2)12-16-13-20(10-11-23-16)14-18(22)21-9-5-7-15-6-3-4-8-17(15)21/h15-17H,3-14H2,1-2H3/t15-,16-,17-/m1/s1. The molecule has 2 aliphatic heterocycles. The highest BCUT2D eigenvalue weighted by atomic mass is 16.5. The molecule has 1 aliphatic carbocycles. The fourth-order valence-corrected chi connectivity index (χ4v) is 4.66. The molecular formula is C18H33N3O2. The van der Waals surface area contributed by atoms with Gasteiger partial charge in [-0.2, -0.15) is 0 Å². The molecule has 3 fully saturated rings. The van der Waals surface area contributed by atoms with Gasteiger partial charge in [-0.3, -0.25) is 9.69 Å². The van der Waals surface area contributed by atoms with Gasteiger partial charge in [-0.1, -0.05) is 12.8 Å². The van der Waals surface area contributed by atoms with Gasteiger partial charge in [-0.15, -0.1) is 0 Å². The van der Waals surface area contributed by atoms with Crippen molar-refractivity contribution in [2.24, 2.45) is 5.92 Å². The second-order valence-corrected chi connectivity index (χ2v) is 7.83. The highest BCUT2D eigenvalue weighted by Crippen LogP contribution is 2.35. The number of piperidine rings is 1. The summed E-state index contributed by atoms with van der Waals surface area (Å²) in [5.41, 5.74) is 0. The van der Waals surface area contributed by atoms with E-state index in [1.807, 2.05) is 0 Å². The van der Waals surface area contributed by atoms with Gasteiger partial charge in [0.05, 0.1) is 19.3 Å². The summed E-state index contributed by atoms with van der Waals surface area (Å²) in [6.07, 6.45) is 7.97. The number of ether oxygens (including phenoxy) is 1. The van der Waals surface area contributed by atoms with E-state index < -0.39 is 0 Å². The molecule has 0 spiro atoms. The molecule has 23 heavy (non-hydrogen) atoms. The minimum Gasteiger partial charge on any atom is -0.374 e. The summed E-state index contributed by atoms with van der Waals surface area (Å²) in [7, 11) is 4.15. The highest BCUT2D eigenvalue weighted by molar-refractivity contribution is 5.78. The number of likely N-dealkylation sites (tertiary alicyclic amines) is 1. The van der Waals surface area contributed by atoms with Crippen molar-refractivity contribution in [2.75, 3.05) is 53.4 Å². The molecular weight excluding hydrogens is 290 g/mol. The third-order valence-electron chi connectivity index (χ3n) is 5.71. The fourth-order valence-electron chi connectivity index (χ4n) is 4.66. The molecule has 2 heterocycles. The third kappa shape index (κ3) is 4.46. The molecule has 3 rings (SSSR count). The lowest BCUT2D eigenvalue weighted by atomic mass is 9.78. The Morgan fingerprint density at radius 2 is 1.91 bits per heavy atom. The number of rotatable bonds is 4. The first-order valence-electron chi connectivity index (χ1n) is 9.41. The van der Waals surface area contributed by atoms with E-state index in [1.165, 1.54) is 38.5 Å². The number of hydrogen-bond donors (Lipinski definition) is 0. The molecule has 3 aliphatic rings. The van der Waals surface area contributed by atoms with E-state index in [2.05, 4.69) is 28.8 Å². The maximum atomic E-state index is 12.9. The smallest absolute Gasteiger partial charge is 0.237 e. The van der Waals surface area contributed by atoms with Gasteiger partial charge < -0.3 is 14.5 Å². The Morgan fingerprint density at radius 3 is 2.74 bits per heavy atom. The minimum absolute atomic E-state index is 0.232. The number of morpholine rings is 1. The molecule has 5 heteroatoms. The number of amides is 1. The molecule has 3 atom stereocenters. The van der Waals surface area contributed by atoms with Gasteiger partial charge in [0.15, 0.2) is 0 Å². The molecule has 0 unspecified atom stereocenters. The zero-order valence-corrected chi connectivity index (χ0v) is 14.9. The van der Waals surface area contributed by atoms with Gasteiger partial charge in [0.1, 0.15) is 0 Å². The van der Waals surface area contributed by atoms with E-state index in [0.717, 1.165) is 38.7 Å². The number of carbonyl (C=O) groups is 1. The first-order chi connectivity index (χ1) is 11.1. The van der Waals surface area contributed by atoms with E-state index in [4.69, 9.17) is 4.74 Å². The molecule has 132 valence electrons. The van der Waals surface area contributed by atoms with Gasteiger partial charge in [0, 0.05) is 32.2 Å². The van der Waals surface area contributed by atoms with Crippen molar-refractivity contribution in [1.82, 2.24) is 14.7 Å². The Balaban J connectivity index is 1.53. The summed E-state index contributed by atoms with van der Waals surface area (Å²) in [4.78, 5) is 19.6. The summed E-state index contributed by atoms with van der Waals surface area (Å²) in [6.45, 7) is 5.00. The topological polar surface area (TPSA) is 36.0 Å². The van der Waals surface area contributed by atoms with Gasteiger partial charge >= 0.3 is 0 Å². The van der Waals surface area contributed by atoms with E-state index in [9.17, 15) is 4.79 Å². The number of likely N-dealkylation sites (N-methyl/N-ethyl adjacent to an activating group) is 1. The quantitative estimate of drug-likeness (QED) is 0.784. The second kappa shape index (κ2) is 7.95. The van der Waals surface area contributed by atoms with Crippen molar-refractivity contribution in [3.8, 4) is 0 Å². The first kappa shape index (κ1) is 17.2. The van der Waals surface area contributed by atoms with Crippen LogP contribution in [0.4, 0.5) is 0 Å². The third-order valence-corrected chi connectivity index (χ3v) is 5.71. The monoisotopic (exact) mass is 323 g/mol. The number of nitrogens with zero attached hydrogens (tertiary/aromatic N) is 3. The van der Waals surface area contributed by atoms with E-state index >= 15 is 0 Å². The van der Waals surface area contributed by atoms with Crippen molar-refractivity contribution in [3.63, 3.8) is 0 Å². The van der Waals surface area contributed by atoms with Crippen LogP contribution in [-0.4, -0.2) is 86.2 Å². The maximum Gasteiger partial charge on any atom is 0.237 e. The zero-order chi connectivity index (χ0) is 16.2. The Bertz CT molecular complexity index is 400. The van der Waals surface area contributed by atoms with Crippen LogP contribution in [0.5, 0.6) is 0 Å². The Kier molecular flexibility index (Phi) is 5.94. The summed E-state index contributed by atoms with van der Waals surface area (Å²) in [5, 5.41) is 0. The van der Waals surface area contributed by atoms with E-state index in [-0.39, 0.29) is 6.10 Å².